The Morgan fingerprint density at radius 1 is 0.556 bits per heavy atom. The maximum atomic E-state index is 12.5. The molecule has 1 unspecified atom stereocenters. The zero-order chi connectivity index (χ0) is 40.0. The largest absolute Gasteiger partial charge is 0.480 e. The molecule has 0 aliphatic carbocycles. The summed E-state index contributed by atoms with van der Waals surface area (Å²) in [6.45, 7) is 2.63. The molecule has 4 N–H and O–H groups in total. The van der Waals surface area contributed by atoms with Gasteiger partial charge in [-0.1, -0.05) is 142 Å². The molecule has 12 heteroatoms. The molecule has 0 amide bonds. The van der Waals surface area contributed by atoms with Gasteiger partial charge in [0.2, 0.25) is 0 Å². The van der Waals surface area contributed by atoms with Crippen molar-refractivity contribution in [3.05, 3.63) is 0 Å². The molecule has 0 aromatic heterocycles. The zero-order valence-corrected chi connectivity index (χ0v) is 34.7. The molecule has 0 aliphatic rings. The van der Waals surface area contributed by atoms with Crippen LogP contribution in [0.5, 0.6) is 0 Å². The number of carboxylic acids is 1. The number of carbonyl (C=O) groups excluding carboxylic acids is 2. The van der Waals surface area contributed by atoms with E-state index in [4.69, 9.17) is 24.8 Å². The molecule has 54 heavy (non-hydrogen) atoms. The van der Waals surface area contributed by atoms with Gasteiger partial charge in [0.05, 0.1) is 26.1 Å². The fourth-order valence-corrected chi connectivity index (χ4v) is 6.30. The van der Waals surface area contributed by atoms with Crippen LogP contribution in [0.25, 0.3) is 0 Å². The summed E-state index contributed by atoms with van der Waals surface area (Å²) in [5.41, 5.74) is 5.31. The molecule has 0 aromatic rings. The van der Waals surface area contributed by atoms with E-state index in [1.807, 2.05) is 0 Å². The summed E-state index contributed by atoms with van der Waals surface area (Å²) in [4.78, 5) is 45.7. The van der Waals surface area contributed by atoms with Gasteiger partial charge >= 0.3 is 25.7 Å². The molecule has 0 aromatic carbocycles. The van der Waals surface area contributed by atoms with Crippen LogP contribution in [-0.4, -0.2) is 59.9 Å². The summed E-state index contributed by atoms with van der Waals surface area (Å²) >= 11 is 0. The monoisotopic (exact) mass is 784 g/mol. The molecule has 0 bridgehead atoms. The molecule has 11 nitrogen and oxygen atoms in total. The highest BCUT2D eigenvalue weighted by molar-refractivity contribution is 7.47. The van der Waals surface area contributed by atoms with Crippen molar-refractivity contribution in [1.29, 1.82) is 0 Å². The minimum atomic E-state index is -4.75. The average Bonchev–Trinajstić information content (AvgIpc) is 3.14. The highest BCUT2D eigenvalue weighted by Gasteiger charge is 2.28. The van der Waals surface area contributed by atoms with Crippen molar-refractivity contribution in [3.8, 4) is 23.7 Å². The predicted molar refractivity (Wildman–Crippen MR) is 214 cm³/mol. The molecule has 0 saturated carbocycles. The van der Waals surface area contributed by atoms with Crippen LogP contribution in [0, 0.1) is 23.7 Å². The van der Waals surface area contributed by atoms with Crippen molar-refractivity contribution in [1.82, 2.24) is 0 Å². The normalized spacial score (nSPS) is 13.1. The fraction of sp³-hybridized carbons (Fsp3) is 0.833. The minimum Gasteiger partial charge on any atom is -0.480 e. The van der Waals surface area contributed by atoms with Gasteiger partial charge in [-0.15, -0.1) is 23.7 Å². The Balaban J connectivity index is 4.49. The van der Waals surface area contributed by atoms with Crippen molar-refractivity contribution in [2.24, 2.45) is 5.73 Å². The lowest BCUT2D eigenvalue weighted by Crippen LogP contribution is -2.34. The third-order valence-electron chi connectivity index (χ3n) is 8.86. The van der Waals surface area contributed by atoms with Crippen LogP contribution in [0.3, 0.4) is 0 Å². The lowest BCUT2D eigenvalue weighted by atomic mass is 10.1. The van der Waals surface area contributed by atoms with E-state index in [-0.39, 0.29) is 19.3 Å². The van der Waals surface area contributed by atoms with Crippen LogP contribution in [0.15, 0.2) is 0 Å². The highest BCUT2D eigenvalue weighted by atomic mass is 31.2. The maximum absolute atomic E-state index is 12.5. The average molecular weight is 784 g/mol. The van der Waals surface area contributed by atoms with Crippen LogP contribution in [-0.2, 0) is 37.5 Å². The second kappa shape index (κ2) is 37.5. The van der Waals surface area contributed by atoms with Crippen LogP contribution >= 0.6 is 7.82 Å². The summed E-state index contributed by atoms with van der Waals surface area (Å²) < 4.78 is 32.4. The smallest absolute Gasteiger partial charge is 0.472 e. The first kappa shape index (κ1) is 51.6. The summed E-state index contributed by atoms with van der Waals surface area (Å²) in [5.74, 6) is 9.55. The van der Waals surface area contributed by atoms with E-state index in [1.165, 1.54) is 116 Å². The van der Waals surface area contributed by atoms with Crippen LogP contribution in [0.2, 0.25) is 0 Å². The van der Waals surface area contributed by atoms with E-state index in [0.29, 0.717) is 6.42 Å². The van der Waals surface area contributed by atoms with Crippen molar-refractivity contribution in [2.45, 2.75) is 206 Å². The number of rotatable bonds is 36. The van der Waals surface area contributed by atoms with Crippen molar-refractivity contribution in [2.75, 3.05) is 19.8 Å². The van der Waals surface area contributed by atoms with Gasteiger partial charge in [0.1, 0.15) is 12.6 Å². The number of phosphoric acid groups is 1. The Morgan fingerprint density at radius 2 is 0.926 bits per heavy atom. The summed E-state index contributed by atoms with van der Waals surface area (Å²) in [5, 5.41) is 8.86. The first-order valence-electron chi connectivity index (χ1n) is 21.0. The standard InChI is InChI=1S/C42H74NO10P/c1-3-5-7-9-11-13-15-17-19-21-23-25-27-29-31-33-40(44)50-35-38(36-51-54(48,49)52-37-39(43)42(46)47)53-41(45)34-32-30-28-26-24-22-20-18-16-14-12-10-8-6-4-2/h38-39H,3-26,31-37,43H2,1-2H3,(H,46,47)(H,48,49)/t38-,39+/m1/s1. The van der Waals surface area contributed by atoms with Gasteiger partial charge in [-0.2, -0.15) is 0 Å². The van der Waals surface area contributed by atoms with Crippen molar-refractivity contribution < 1.29 is 47.5 Å². The molecular weight excluding hydrogens is 709 g/mol. The topological polar surface area (TPSA) is 172 Å². The number of carboxylic acid groups (broad SMARTS) is 1. The van der Waals surface area contributed by atoms with Gasteiger partial charge in [-0.25, -0.2) is 4.57 Å². The van der Waals surface area contributed by atoms with E-state index < -0.39 is 57.7 Å². The van der Waals surface area contributed by atoms with Crippen LogP contribution < -0.4 is 5.73 Å². The van der Waals surface area contributed by atoms with Gasteiger partial charge in [0.15, 0.2) is 6.10 Å². The predicted octanol–water partition coefficient (Wildman–Crippen LogP) is 9.96. The Morgan fingerprint density at radius 3 is 1.35 bits per heavy atom. The van der Waals surface area contributed by atoms with Gasteiger partial charge in [0, 0.05) is 25.7 Å². The molecule has 0 spiro atoms. The second-order valence-electron chi connectivity index (χ2n) is 14.1. The summed E-state index contributed by atoms with van der Waals surface area (Å²) in [6, 6.07) is -1.54. The van der Waals surface area contributed by atoms with Crippen LogP contribution in [0.4, 0.5) is 0 Å². The molecule has 3 atom stereocenters. The Kier molecular flexibility index (Phi) is 35.9. The van der Waals surface area contributed by atoms with Gasteiger partial charge in [-0.05, 0) is 12.8 Å². The number of unbranched alkanes of at least 4 members (excludes halogenated alkanes) is 22. The Hall–Kier alpha value is -2.40. The van der Waals surface area contributed by atoms with E-state index in [2.05, 4.69) is 42.1 Å². The molecule has 0 aliphatic heterocycles. The third kappa shape index (κ3) is 36.6. The molecule has 312 valence electrons. The number of esters is 2. The Labute approximate surface area is 327 Å². The summed E-state index contributed by atoms with van der Waals surface area (Å²) in [7, 11) is -4.75. The second-order valence-corrected chi connectivity index (χ2v) is 15.5. The molecule has 0 rings (SSSR count). The number of hydrogen-bond donors (Lipinski definition) is 3. The van der Waals surface area contributed by atoms with E-state index in [0.717, 1.165) is 38.5 Å². The quantitative estimate of drug-likeness (QED) is 0.0239. The molecular formula is C42H74NO10P. The van der Waals surface area contributed by atoms with E-state index in [1.54, 1.807) is 0 Å². The highest BCUT2D eigenvalue weighted by Crippen LogP contribution is 2.43. The lowest BCUT2D eigenvalue weighted by molar-refractivity contribution is -0.161. The number of aliphatic carboxylic acids is 1. The van der Waals surface area contributed by atoms with Crippen molar-refractivity contribution >= 4 is 25.7 Å². The summed E-state index contributed by atoms with van der Waals surface area (Å²) in [6.07, 6.45) is 28.8. The zero-order valence-electron chi connectivity index (χ0n) is 33.8. The number of phosphoric ester groups is 1. The lowest BCUT2D eigenvalue weighted by Gasteiger charge is -2.20. The molecule has 0 heterocycles. The molecule has 0 fully saturated rings. The first-order chi connectivity index (χ1) is 26.1. The fourth-order valence-electron chi connectivity index (χ4n) is 5.52. The first-order valence-corrected chi connectivity index (χ1v) is 22.5. The van der Waals surface area contributed by atoms with Crippen molar-refractivity contribution in [3.63, 3.8) is 0 Å². The SMILES string of the molecule is CCCCCCCCCCCCCC#CCCC(=O)OC[C@H](COP(=O)(O)OC[C@H](N)C(=O)O)OC(=O)CCC#CCCCCCCCCCCCCC. The third-order valence-corrected chi connectivity index (χ3v) is 9.81. The van der Waals surface area contributed by atoms with Gasteiger partial charge < -0.3 is 25.2 Å². The van der Waals surface area contributed by atoms with Gasteiger partial charge in [0.25, 0.3) is 0 Å². The van der Waals surface area contributed by atoms with E-state index >= 15 is 0 Å². The minimum absolute atomic E-state index is 0.0227. The Bertz CT molecular complexity index is 1130. The number of nitrogens with two attached hydrogens (primary N) is 1. The maximum Gasteiger partial charge on any atom is 0.472 e. The number of ether oxygens (including phenoxy) is 2. The van der Waals surface area contributed by atoms with Gasteiger partial charge in [-0.3, -0.25) is 23.4 Å². The number of carbonyl (C=O) groups is 3. The molecule has 0 saturated heterocycles. The molecule has 0 radical (unpaired) electrons. The van der Waals surface area contributed by atoms with E-state index in [9.17, 15) is 23.8 Å². The van der Waals surface area contributed by atoms with Crippen LogP contribution in [0.1, 0.15) is 194 Å². The number of hydrogen-bond acceptors (Lipinski definition) is 9.